The minimum Gasteiger partial charge on any atom is -0.497 e. The van der Waals surface area contributed by atoms with Gasteiger partial charge in [0.1, 0.15) is 11.5 Å². The molecule has 2 rings (SSSR count). The fourth-order valence-electron chi connectivity index (χ4n) is 1.95. The van der Waals surface area contributed by atoms with Crippen LogP contribution in [0.4, 0.5) is 0 Å². The van der Waals surface area contributed by atoms with Gasteiger partial charge in [-0.25, -0.2) is 4.79 Å². The number of ketones is 1. The molecule has 2 aromatic rings. The molecule has 0 unspecified atom stereocenters. The van der Waals surface area contributed by atoms with Gasteiger partial charge in [-0.3, -0.25) is 4.79 Å². The number of thioether (sulfide) groups is 1. The second-order valence-corrected chi connectivity index (χ2v) is 5.66. The molecule has 2 aromatic carbocycles. The van der Waals surface area contributed by atoms with Gasteiger partial charge >= 0.3 is 5.97 Å². The van der Waals surface area contributed by atoms with Crippen LogP contribution in [0.25, 0.3) is 0 Å². The summed E-state index contributed by atoms with van der Waals surface area (Å²) in [6.45, 7) is 0. The van der Waals surface area contributed by atoms with E-state index in [-0.39, 0.29) is 17.1 Å². The van der Waals surface area contributed by atoms with Crippen LogP contribution in [0.1, 0.15) is 20.7 Å². The molecule has 1 N–H and O–H groups in total. The Balaban J connectivity index is 2.06. The minimum atomic E-state index is -0.972. The first kappa shape index (κ1) is 16.9. The van der Waals surface area contributed by atoms with Gasteiger partial charge in [0.2, 0.25) is 0 Å². The highest BCUT2D eigenvalue weighted by molar-refractivity contribution is 8.00. The van der Waals surface area contributed by atoms with Gasteiger partial charge in [0, 0.05) is 11.0 Å². The Labute approximate surface area is 138 Å². The lowest BCUT2D eigenvalue weighted by atomic mass is 10.1. The Bertz CT molecular complexity index is 709. The van der Waals surface area contributed by atoms with Crippen molar-refractivity contribution in [3.05, 3.63) is 53.6 Å². The zero-order valence-corrected chi connectivity index (χ0v) is 13.6. The lowest BCUT2D eigenvalue weighted by molar-refractivity contribution is 0.0696. The molecular weight excluding hydrogens is 316 g/mol. The fourth-order valence-corrected chi connectivity index (χ4v) is 2.73. The number of carbonyl (C=O) groups is 2. The van der Waals surface area contributed by atoms with E-state index < -0.39 is 5.97 Å². The number of benzene rings is 2. The summed E-state index contributed by atoms with van der Waals surface area (Å²) < 4.78 is 10.3. The first-order valence-electron chi connectivity index (χ1n) is 6.76. The standard InChI is InChI=1S/C17H16O5S/c1-21-12-5-8-14(16(9-12)22-2)15(18)10-23-13-6-3-11(4-7-13)17(19)20/h3-9H,10H2,1-2H3,(H,19,20). The fraction of sp³-hybridized carbons (Fsp3) is 0.176. The molecule has 0 aliphatic heterocycles. The van der Waals surface area contributed by atoms with Crippen LogP contribution in [0.15, 0.2) is 47.4 Å². The zero-order chi connectivity index (χ0) is 16.8. The molecule has 0 amide bonds. The second kappa shape index (κ2) is 7.69. The highest BCUT2D eigenvalue weighted by Crippen LogP contribution is 2.27. The number of rotatable bonds is 7. The maximum atomic E-state index is 12.3. The molecule has 0 aliphatic carbocycles. The van der Waals surface area contributed by atoms with E-state index >= 15 is 0 Å². The van der Waals surface area contributed by atoms with Gasteiger partial charge in [-0.05, 0) is 36.4 Å². The molecule has 0 radical (unpaired) electrons. The van der Waals surface area contributed by atoms with Crippen LogP contribution in [0, 0.1) is 0 Å². The smallest absolute Gasteiger partial charge is 0.335 e. The number of hydrogen-bond donors (Lipinski definition) is 1. The van der Waals surface area contributed by atoms with Crippen molar-refractivity contribution >= 4 is 23.5 Å². The number of Topliss-reactive ketones (excluding diaryl/α,β-unsaturated/α-hetero) is 1. The van der Waals surface area contributed by atoms with Crippen molar-refractivity contribution in [3.63, 3.8) is 0 Å². The molecule has 0 fully saturated rings. The van der Waals surface area contributed by atoms with E-state index in [2.05, 4.69) is 0 Å². The van der Waals surface area contributed by atoms with Crippen molar-refractivity contribution in [2.75, 3.05) is 20.0 Å². The SMILES string of the molecule is COc1ccc(C(=O)CSc2ccc(C(=O)O)cc2)c(OC)c1. The third-order valence-corrected chi connectivity index (χ3v) is 4.19. The summed E-state index contributed by atoms with van der Waals surface area (Å²) in [4.78, 5) is 24.0. The number of carboxylic acids is 1. The zero-order valence-electron chi connectivity index (χ0n) is 12.7. The van der Waals surface area contributed by atoms with Gasteiger partial charge in [0.25, 0.3) is 0 Å². The van der Waals surface area contributed by atoms with Crippen LogP contribution >= 0.6 is 11.8 Å². The number of aromatic carboxylic acids is 1. The quantitative estimate of drug-likeness (QED) is 0.619. The molecule has 23 heavy (non-hydrogen) atoms. The maximum Gasteiger partial charge on any atom is 0.335 e. The second-order valence-electron chi connectivity index (χ2n) is 4.61. The molecule has 5 nitrogen and oxygen atoms in total. The molecule has 0 saturated carbocycles. The lowest BCUT2D eigenvalue weighted by Gasteiger charge is -2.09. The molecule has 120 valence electrons. The van der Waals surface area contributed by atoms with Crippen molar-refractivity contribution in [1.29, 1.82) is 0 Å². The van der Waals surface area contributed by atoms with Crippen molar-refractivity contribution in [2.24, 2.45) is 0 Å². The average Bonchev–Trinajstić information content (AvgIpc) is 2.59. The summed E-state index contributed by atoms with van der Waals surface area (Å²) >= 11 is 1.34. The number of carbonyl (C=O) groups excluding carboxylic acids is 1. The number of ether oxygens (including phenoxy) is 2. The Morgan fingerprint density at radius 3 is 2.30 bits per heavy atom. The van der Waals surface area contributed by atoms with Crippen LogP contribution in [0.3, 0.4) is 0 Å². The summed E-state index contributed by atoms with van der Waals surface area (Å²) in [5.74, 6) is 0.277. The van der Waals surface area contributed by atoms with Gasteiger partial charge in [-0.1, -0.05) is 0 Å². The van der Waals surface area contributed by atoms with Crippen LogP contribution < -0.4 is 9.47 Å². The molecule has 0 aliphatic rings. The normalized spacial score (nSPS) is 10.2. The predicted octanol–water partition coefficient (Wildman–Crippen LogP) is 3.38. The molecule has 6 heteroatoms. The van der Waals surface area contributed by atoms with Crippen molar-refractivity contribution in [1.82, 2.24) is 0 Å². The van der Waals surface area contributed by atoms with E-state index in [4.69, 9.17) is 14.6 Å². The molecular formula is C17H16O5S. The number of methoxy groups -OCH3 is 2. The van der Waals surface area contributed by atoms with E-state index in [1.54, 1.807) is 37.4 Å². The first-order valence-corrected chi connectivity index (χ1v) is 7.75. The summed E-state index contributed by atoms with van der Waals surface area (Å²) in [7, 11) is 3.05. The largest absolute Gasteiger partial charge is 0.497 e. The third-order valence-electron chi connectivity index (χ3n) is 3.18. The van der Waals surface area contributed by atoms with Gasteiger partial charge in [0.15, 0.2) is 5.78 Å². The average molecular weight is 332 g/mol. The minimum absolute atomic E-state index is 0.0724. The van der Waals surface area contributed by atoms with Gasteiger partial charge in [-0.15, -0.1) is 11.8 Å². The topological polar surface area (TPSA) is 72.8 Å². The Morgan fingerprint density at radius 1 is 1.04 bits per heavy atom. The van der Waals surface area contributed by atoms with E-state index in [0.717, 1.165) is 4.90 Å². The van der Waals surface area contributed by atoms with Crippen LogP contribution in [-0.4, -0.2) is 36.8 Å². The molecule has 0 atom stereocenters. The maximum absolute atomic E-state index is 12.3. The molecule has 0 saturated heterocycles. The van der Waals surface area contributed by atoms with E-state index in [1.165, 1.54) is 31.0 Å². The predicted molar refractivity (Wildman–Crippen MR) is 88.0 cm³/mol. The monoisotopic (exact) mass is 332 g/mol. The van der Waals surface area contributed by atoms with Crippen molar-refractivity contribution < 1.29 is 24.2 Å². The van der Waals surface area contributed by atoms with E-state index in [1.807, 2.05) is 0 Å². The Hall–Kier alpha value is -2.47. The van der Waals surface area contributed by atoms with E-state index in [9.17, 15) is 9.59 Å². The number of hydrogen-bond acceptors (Lipinski definition) is 5. The summed E-state index contributed by atoms with van der Waals surface area (Å²) in [6, 6.07) is 11.5. The van der Waals surface area contributed by atoms with Crippen molar-refractivity contribution in [2.45, 2.75) is 4.90 Å². The summed E-state index contributed by atoms with van der Waals surface area (Å²) in [6.07, 6.45) is 0. The molecule has 0 spiro atoms. The van der Waals surface area contributed by atoms with Crippen LogP contribution in [-0.2, 0) is 0 Å². The molecule has 0 bridgehead atoms. The summed E-state index contributed by atoms with van der Waals surface area (Å²) in [5.41, 5.74) is 0.709. The van der Waals surface area contributed by atoms with Gasteiger partial charge < -0.3 is 14.6 Å². The highest BCUT2D eigenvalue weighted by Gasteiger charge is 2.14. The number of carboxylic acid groups (broad SMARTS) is 1. The van der Waals surface area contributed by atoms with Gasteiger partial charge in [-0.2, -0.15) is 0 Å². The Kier molecular flexibility index (Phi) is 5.65. The van der Waals surface area contributed by atoms with Gasteiger partial charge in [0.05, 0.1) is 31.1 Å². The van der Waals surface area contributed by atoms with Crippen molar-refractivity contribution in [3.8, 4) is 11.5 Å². The highest BCUT2D eigenvalue weighted by atomic mass is 32.2. The van der Waals surface area contributed by atoms with Crippen LogP contribution in [0.2, 0.25) is 0 Å². The van der Waals surface area contributed by atoms with Crippen LogP contribution in [0.5, 0.6) is 11.5 Å². The molecule has 0 aromatic heterocycles. The lowest BCUT2D eigenvalue weighted by Crippen LogP contribution is -2.05. The third kappa shape index (κ3) is 4.26. The Morgan fingerprint density at radius 2 is 1.74 bits per heavy atom. The first-order chi connectivity index (χ1) is 11.0. The molecule has 0 heterocycles. The van der Waals surface area contributed by atoms with E-state index in [0.29, 0.717) is 17.1 Å². The summed E-state index contributed by atoms with van der Waals surface area (Å²) in [5, 5.41) is 8.86.